The van der Waals surface area contributed by atoms with Crippen LogP contribution in [-0.4, -0.2) is 63.2 Å². The third kappa shape index (κ3) is 4.57. The summed E-state index contributed by atoms with van der Waals surface area (Å²) in [6, 6.07) is 12.4. The van der Waals surface area contributed by atoms with Crippen LogP contribution >= 0.6 is 22.9 Å². The van der Waals surface area contributed by atoms with Crippen molar-refractivity contribution >= 4 is 68.6 Å². The summed E-state index contributed by atoms with van der Waals surface area (Å²) in [6.45, 7) is 5.77. The van der Waals surface area contributed by atoms with Crippen molar-refractivity contribution in [2.45, 2.75) is 39.5 Å². The molecule has 2 saturated heterocycles. The minimum atomic E-state index is -1.42. The van der Waals surface area contributed by atoms with Gasteiger partial charge in [-0.1, -0.05) is 35.4 Å². The van der Waals surface area contributed by atoms with E-state index in [2.05, 4.69) is 0 Å². The van der Waals surface area contributed by atoms with Crippen LogP contribution in [-0.2, 0) is 31.0 Å². The number of amides is 5. The molecule has 268 valence electrons. The second-order valence-electron chi connectivity index (χ2n) is 14.0. The molecule has 0 radical (unpaired) electrons. The van der Waals surface area contributed by atoms with Gasteiger partial charge in [0.25, 0.3) is 0 Å². The maximum Gasteiger partial charge on any atom is 0.423 e. The zero-order chi connectivity index (χ0) is 37.0. The Morgan fingerprint density at radius 2 is 1.87 bits per heavy atom. The number of imide groups is 4. The van der Waals surface area contributed by atoms with Crippen LogP contribution in [0, 0.1) is 36.0 Å². The average Bonchev–Trinajstić information content (AvgIpc) is 3.79. The van der Waals surface area contributed by atoms with Crippen LogP contribution in [0.25, 0.3) is 20.7 Å². The van der Waals surface area contributed by atoms with Crippen LogP contribution in [0.1, 0.15) is 43.7 Å². The lowest BCUT2D eigenvalue weighted by molar-refractivity contribution is -0.138. The Morgan fingerprint density at radius 1 is 1.10 bits per heavy atom. The molecule has 1 saturated carbocycles. The molecule has 8 rings (SSSR count). The molecule has 4 heterocycles. The van der Waals surface area contributed by atoms with Gasteiger partial charge in [0.2, 0.25) is 23.6 Å². The van der Waals surface area contributed by atoms with E-state index in [1.54, 1.807) is 45.2 Å². The van der Waals surface area contributed by atoms with Gasteiger partial charge in [-0.05, 0) is 74.7 Å². The quantitative estimate of drug-likeness (QED) is 0.182. The Kier molecular flexibility index (Phi) is 7.88. The van der Waals surface area contributed by atoms with Gasteiger partial charge in [-0.15, -0.1) is 11.3 Å². The molecule has 12 nitrogen and oxygen atoms in total. The highest BCUT2D eigenvalue weighted by Gasteiger charge is 2.68. The maximum atomic E-state index is 15.0. The van der Waals surface area contributed by atoms with Crippen molar-refractivity contribution in [3.63, 3.8) is 0 Å². The number of allylic oxidation sites excluding steroid dienone is 2. The number of benzene rings is 2. The molecule has 3 fully saturated rings. The zero-order valence-electron chi connectivity index (χ0n) is 29.0. The number of phenols is 1. The first-order valence-corrected chi connectivity index (χ1v) is 18.2. The van der Waals surface area contributed by atoms with Crippen molar-refractivity contribution in [1.82, 2.24) is 14.7 Å². The predicted octanol–water partition coefficient (Wildman–Crippen LogP) is 6.37. The number of carbonyl (C=O) groups excluding carboxylic acids is 5. The molecule has 4 aliphatic rings. The Bertz CT molecular complexity index is 2290. The number of halogens is 1. The molecule has 52 heavy (non-hydrogen) atoms. The van der Waals surface area contributed by atoms with E-state index in [-0.39, 0.29) is 36.8 Å². The highest BCUT2D eigenvalue weighted by atomic mass is 35.5. The van der Waals surface area contributed by atoms with Crippen molar-refractivity contribution in [2.75, 3.05) is 18.6 Å². The number of aromatic hydroxyl groups is 1. The van der Waals surface area contributed by atoms with E-state index < -0.39 is 64.7 Å². The largest absolute Gasteiger partial charge is 0.504 e. The molecule has 2 aliphatic carbocycles. The van der Waals surface area contributed by atoms with Gasteiger partial charge in [-0.25, -0.2) is 9.69 Å². The van der Waals surface area contributed by atoms with Gasteiger partial charge in [-0.2, -0.15) is 10.00 Å². The monoisotopic (exact) mass is 742 g/mol. The molecular weight excluding hydrogens is 708 g/mol. The lowest BCUT2D eigenvalue weighted by atomic mass is 9.51. The lowest BCUT2D eigenvalue weighted by Crippen LogP contribution is -2.49. The Hall–Kier alpha value is -5.01. The number of likely N-dealkylation sites (tertiary alicyclic amines) is 1. The summed E-state index contributed by atoms with van der Waals surface area (Å²) in [6.07, 6.45) is 0.985. The first-order valence-electron chi connectivity index (χ1n) is 17.0. The number of methoxy groups -OCH3 is 1. The molecule has 0 spiro atoms. The second kappa shape index (κ2) is 12.0. The molecule has 2 aromatic heterocycles. The summed E-state index contributed by atoms with van der Waals surface area (Å²) < 4.78 is 13.0. The Morgan fingerprint density at radius 3 is 2.60 bits per heavy atom. The number of anilines is 1. The van der Waals surface area contributed by atoms with Crippen LogP contribution in [0.5, 0.6) is 11.5 Å². The summed E-state index contributed by atoms with van der Waals surface area (Å²) in [5, 5.41) is 18.0. The highest BCUT2D eigenvalue weighted by molar-refractivity contribution is 7.22. The number of nitrogens with zero attached hydrogens (tertiary/aromatic N) is 4. The first kappa shape index (κ1) is 34.1. The van der Waals surface area contributed by atoms with Crippen LogP contribution < -0.4 is 9.64 Å². The van der Waals surface area contributed by atoms with E-state index in [1.807, 2.05) is 31.2 Å². The molecule has 2 aliphatic heterocycles. The van der Waals surface area contributed by atoms with Crippen LogP contribution in [0.4, 0.5) is 10.6 Å². The summed E-state index contributed by atoms with van der Waals surface area (Å²) in [5.41, 5.74) is 1.16. The topological polar surface area (TPSA) is 148 Å². The van der Waals surface area contributed by atoms with Gasteiger partial charge in [0.15, 0.2) is 11.5 Å². The summed E-state index contributed by atoms with van der Waals surface area (Å²) >= 11 is 7.83. The minimum absolute atomic E-state index is 0.0713. The number of fused-ring (bicyclic) bond motifs is 5. The van der Waals surface area contributed by atoms with E-state index in [0.29, 0.717) is 26.8 Å². The number of hydrogen-bond acceptors (Lipinski definition) is 10. The number of carbonyl (C=O) groups is 5. The molecule has 14 heteroatoms. The fourth-order valence-corrected chi connectivity index (χ4v) is 10.4. The third-order valence-corrected chi connectivity index (χ3v) is 13.0. The number of para-hydroxylation sites is 1. The number of rotatable bonds is 5. The molecule has 0 unspecified atom stereocenters. The van der Waals surface area contributed by atoms with Crippen LogP contribution in [0.15, 0.2) is 54.1 Å². The maximum absolute atomic E-state index is 15.0. The van der Waals surface area contributed by atoms with E-state index in [0.717, 1.165) is 27.6 Å². The van der Waals surface area contributed by atoms with E-state index >= 15 is 4.79 Å². The number of hydrogen-bond donors (Lipinski definition) is 1. The number of thiophene rings is 1. The van der Waals surface area contributed by atoms with Crippen molar-refractivity contribution in [2.24, 2.45) is 36.1 Å². The van der Waals surface area contributed by atoms with Gasteiger partial charge >= 0.3 is 6.09 Å². The molecule has 5 amide bonds. The lowest BCUT2D eigenvalue weighted by Gasteiger charge is -2.49. The smallest absolute Gasteiger partial charge is 0.423 e. The zero-order valence-corrected chi connectivity index (χ0v) is 30.6. The Balaban J connectivity index is 1.26. The highest BCUT2D eigenvalue weighted by Crippen LogP contribution is 2.65. The summed E-state index contributed by atoms with van der Waals surface area (Å²) in [4.78, 5) is 72.3. The fourth-order valence-electron chi connectivity index (χ4n) is 9.11. The number of aryl methyl sites for hydroxylation is 2. The first-order chi connectivity index (χ1) is 24.8. The Labute approximate surface area is 307 Å². The molecular formula is C38H35ClN4O8S. The van der Waals surface area contributed by atoms with Crippen molar-refractivity contribution in [1.29, 1.82) is 0 Å². The third-order valence-electron chi connectivity index (χ3n) is 11.5. The van der Waals surface area contributed by atoms with Crippen molar-refractivity contribution in [3.8, 4) is 22.1 Å². The molecule has 1 N–H and O–H groups in total. The normalized spacial score (nSPS) is 26.8. The van der Waals surface area contributed by atoms with Gasteiger partial charge in [0.05, 0.1) is 41.8 Å². The number of ether oxygens (including phenoxy) is 2. The average molecular weight is 743 g/mol. The van der Waals surface area contributed by atoms with Crippen LogP contribution in [0.2, 0.25) is 5.02 Å². The van der Waals surface area contributed by atoms with E-state index in [4.69, 9.17) is 26.2 Å². The standard InChI is InChI=1S/C38H35ClN4O8S/c1-6-51-26-9-7-8-21(31(26)44)30-19-11-12-20-29(35(47)43(33(20)45)37(49)50-5)23(19)15-24-34(46)42(36(48)38(24,30)3)28-16-25(40-41(28)4)32-17(2)22-14-18(39)10-13-27(22)52-32/h7-11,13-14,16,20,23-24,29-30,44H,6,12,15H2,1-5H3/t20-,23+,24-,29-,30+,38+/m0/s1. The van der Waals surface area contributed by atoms with Gasteiger partial charge in [0.1, 0.15) is 11.5 Å². The van der Waals surface area contributed by atoms with E-state index in [9.17, 15) is 24.3 Å². The number of aromatic nitrogens is 2. The van der Waals surface area contributed by atoms with E-state index in [1.165, 1.54) is 20.9 Å². The van der Waals surface area contributed by atoms with Crippen molar-refractivity contribution < 1.29 is 38.6 Å². The predicted molar refractivity (Wildman–Crippen MR) is 192 cm³/mol. The summed E-state index contributed by atoms with van der Waals surface area (Å²) in [7, 11) is 2.78. The van der Waals surface area contributed by atoms with Crippen LogP contribution in [0.3, 0.4) is 0 Å². The minimum Gasteiger partial charge on any atom is -0.504 e. The van der Waals surface area contributed by atoms with Gasteiger partial charge < -0.3 is 14.6 Å². The fraction of sp³-hybridized carbons (Fsp3) is 0.368. The SMILES string of the molecule is CCOc1cccc([C@H]2C3=CC[C@@H]4C(=O)N(C(=O)OC)C(=O)[C@@H]4[C@@H]3C[C@H]3C(=O)N(c4cc(-c5sc6ccc(Cl)cc6c5C)nn4C)C(=O)[C@@]23C)c1O. The van der Waals surface area contributed by atoms with Gasteiger partial charge in [-0.3, -0.25) is 23.9 Å². The molecule has 2 aromatic carbocycles. The molecule has 0 bridgehead atoms. The second-order valence-corrected chi connectivity index (χ2v) is 15.5. The number of phenolic OH excluding ortho intramolecular Hbond substituents is 1. The summed E-state index contributed by atoms with van der Waals surface area (Å²) in [5.74, 6) is -6.30. The molecule has 4 aromatic rings. The van der Waals surface area contributed by atoms with Crippen molar-refractivity contribution in [3.05, 3.63) is 70.3 Å². The van der Waals surface area contributed by atoms with Gasteiger partial charge in [0, 0.05) is 34.3 Å². The molecule has 6 atom stereocenters.